The van der Waals surface area contributed by atoms with E-state index in [1.807, 2.05) is 0 Å². The molecule has 5 heteroatoms. The number of aromatic nitrogens is 1. The first-order chi connectivity index (χ1) is 8.70. The maximum atomic E-state index is 9.50. The zero-order valence-corrected chi connectivity index (χ0v) is 10.3. The normalized spacial score (nSPS) is 12.2. The molecule has 0 aliphatic carbocycles. The van der Waals surface area contributed by atoms with E-state index >= 15 is 0 Å². The average molecular weight is 249 g/mol. The Morgan fingerprint density at radius 2 is 2.22 bits per heavy atom. The third-order valence-electron chi connectivity index (χ3n) is 2.55. The highest BCUT2D eigenvalue weighted by Crippen LogP contribution is 2.30. The molecule has 0 radical (unpaired) electrons. The fraction of sp³-hybridized carbons (Fsp3) is 0.308. The molecule has 2 aromatic rings. The Morgan fingerprint density at radius 3 is 2.83 bits per heavy atom. The lowest BCUT2D eigenvalue weighted by molar-refractivity contribution is 0.198. The van der Waals surface area contributed by atoms with Gasteiger partial charge in [0.1, 0.15) is 12.9 Å². The van der Waals surface area contributed by atoms with E-state index in [1.165, 1.54) is 6.26 Å². The molecular weight excluding hydrogens is 234 g/mol. The summed E-state index contributed by atoms with van der Waals surface area (Å²) in [6, 6.07) is 5.33. The molecule has 2 rings (SSSR count). The zero-order valence-electron chi connectivity index (χ0n) is 10.3. The number of hydrogen-bond donors (Lipinski definition) is 1. The van der Waals surface area contributed by atoms with Crippen molar-refractivity contribution < 1.29 is 19.1 Å². The first-order valence-electron chi connectivity index (χ1n) is 5.57. The molecule has 1 atom stereocenters. The third-order valence-corrected chi connectivity index (χ3v) is 2.55. The number of aliphatic hydroxyl groups excluding tert-OH is 1. The molecule has 0 saturated carbocycles. The van der Waals surface area contributed by atoms with Crippen molar-refractivity contribution in [2.45, 2.75) is 19.6 Å². The standard InChI is InChI=1S/C13H15NO4/c1-9(15)11-3-4-12(13(5-11)16-2)17-7-10-6-14-18-8-10/h3-6,8-9,15H,7H2,1-2H3/t9-/m0/s1. The summed E-state index contributed by atoms with van der Waals surface area (Å²) in [6.45, 7) is 2.06. The number of methoxy groups -OCH3 is 1. The van der Waals surface area contributed by atoms with Gasteiger partial charge in [-0.1, -0.05) is 11.2 Å². The van der Waals surface area contributed by atoms with Crippen LogP contribution in [0.25, 0.3) is 0 Å². The minimum atomic E-state index is -0.536. The van der Waals surface area contributed by atoms with E-state index in [0.29, 0.717) is 18.1 Å². The number of ether oxygens (including phenoxy) is 2. The van der Waals surface area contributed by atoms with Crippen molar-refractivity contribution >= 4 is 0 Å². The van der Waals surface area contributed by atoms with Crippen molar-refractivity contribution in [3.8, 4) is 11.5 Å². The zero-order chi connectivity index (χ0) is 13.0. The van der Waals surface area contributed by atoms with Crippen molar-refractivity contribution in [1.82, 2.24) is 5.16 Å². The number of aliphatic hydroxyl groups is 1. The molecule has 1 heterocycles. The minimum Gasteiger partial charge on any atom is -0.493 e. The van der Waals surface area contributed by atoms with Gasteiger partial charge in [0.2, 0.25) is 0 Å². The summed E-state index contributed by atoms with van der Waals surface area (Å²) >= 11 is 0. The Kier molecular flexibility index (Phi) is 3.84. The van der Waals surface area contributed by atoms with Crippen molar-refractivity contribution in [2.24, 2.45) is 0 Å². The quantitative estimate of drug-likeness (QED) is 0.880. The molecule has 5 nitrogen and oxygen atoms in total. The van der Waals surface area contributed by atoms with Gasteiger partial charge in [0.15, 0.2) is 11.5 Å². The highest BCUT2D eigenvalue weighted by atomic mass is 16.5. The van der Waals surface area contributed by atoms with E-state index < -0.39 is 6.10 Å². The van der Waals surface area contributed by atoms with Crippen molar-refractivity contribution in [3.63, 3.8) is 0 Å². The van der Waals surface area contributed by atoms with Crippen LogP contribution in [-0.2, 0) is 6.61 Å². The Hall–Kier alpha value is -2.01. The Morgan fingerprint density at radius 1 is 1.39 bits per heavy atom. The van der Waals surface area contributed by atoms with Crippen molar-refractivity contribution in [1.29, 1.82) is 0 Å². The van der Waals surface area contributed by atoms with Gasteiger partial charge in [0.05, 0.1) is 19.4 Å². The molecule has 0 bridgehead atoms. The summed E-state index contributed by atoms with van der Waals surface area (Å²) in [4.78, 5) is 0. The van der Waals surface area contributed by atoms with E-state index in [2.05, 4.69) is 5.16 Å². The van der Waals surface area contributed by atoms with Crippen LogP contribution in [0.4, 0.5) is 0 Å². The van der Waals surface area contributed by atoms with Gasteiger partial charge in [0, 0.05) is 5.56 Å². The monoisotopic (exact) mass is 249 g/mol. The molecule has 96 valence electrons. The highest BCUT2D eigenvalue weighted by molar-refractivity contribution is 5.43. The fourth-order valence-electron chi connectivity index (χ4n) is 1.52. The lowest BCUT2D eigenvalue weighted by Gasteiger charge is -2.12. The SMILES string of the molecule is COc1cc([C@H](C)O)ccc1OCc1cnoc1. The van der Waals surface area contributed by atoms with Gasteiger partial charge >= 0.3 is 0 Å². The number of rotatable bonds is 5. The van der Waals surface area contributed by atoms with Crippen LogP contribution in [-0.4, -0.2) is 17.4 Å². The molecule has 1 N–H and O–H groups in total. The lowest BCUT2D eigenvalue weighted by atomic mass is 10.1. The van der Waals surface area contributed by atoms with E-state index in [4.69, 9.17) is 14.0 Å². The van der Waals surface area contributed by atoms with Gasteiger partial charge in [-0.25, -0.2) is 0 Å². The summed E-state index contributed by atoms with van der Waals surface area (Å²) in [7, 11) is 1.56. The van der Waals surface area contributed by atoms with Crippen LogP contribution in [0.3, 0.4) is 0 Å². The summed E-state index contributed by atoms with van der Waals surface area (Å²) in [5.41, 5.74) is 1.63. The number of benzene rings is 1. The first kappa shape index (κ1) is 12.4. The van der Waals surface area contributed by atoms with Gasteiger partial charge in [-0.2, -0.15) is 0 Å². The van der Waals surface area contributed by atoms with E-state index in [9.17, 15) is 5.11 Å². The van der Waals surface area contributed by atoms with E-state index in [-0.39, 0.29) is 0 Å². The molecule has 18 heavy (non-hydrogen) atoms. The maximum absolute atomic E-state index is 9.50. The van der Waals surface area contributed by atoms with Crippen LogP contribution in [0.2, 0.25) is 0 Å². The van der Waals surface area contributed by atoms with E-state index in [1.54, 1.807) is 38.4 Å². The molecule has 0 aliphatic heterocycles. The van der Waals surface area contributed by atoms with Crippen LogP contribution in [0, 0.1) is 0 Å². The van der Waals surface area contributed by atoms with Crippen LogP contribution in [0.1, 0.15) is 24.2 Å². The maximum Gasteiger partial charge on any atom is 0.161 e. The first-order valence-corrected chi connectivity index (χ1v) is 5.57. The third kappa shape index (κ3) is 2.81. The molecule has 0 spiro atoms. The van der Waals surface area contributed by atoms with Crippen molar-refractivity contribution in [3.05, 3.63) is 41.8 Å². The molecular formula is C13H15NO4. The molecule has 0 saturated heterocycles. The smallest absolute Gasteiger partial charge is 0.161 e. The van der Waals surface area contributed by atoms with Crippen LogP contribution in [0.5, 0.6) is 11.5 Å². The average Bonchev–Trinajstić information content (AvgIpc) is 2.89. The molecule has 0 unspecified atom stereocenters. The second-order valence-electron chi connectivity index (χ2n) is 3.91. The summed E-state index contributed by atoms with van der Waals surface area (Å²) in [5, 5.41) is 13.1. The Balaban J connectivity index is 2.12. The molecule has 1 aromatic heterocycles. The van der Waals surface area contributed by atoms with E-state index in [0.717, 1.165) is 11.1 Å². The second kappa shape index (κ2) is 5.55. The summed E-state index contributed by atoms with van der Waals surface area (Å²) in [6.07, 6.45) is 2.58. The number of nitrogens with zero attached hydrogens (tertiary/aromatic N) is 1. The van der Waals surface area contributed by atoms with Crippen LogP contribution >= 0.6 is 0 Å². The van der Waals surface area contributed by atoms with Crippen molar-refractivity contribution in [2.75, 3.05) is 7.11 Å². The fourth-order valence-corrected chi connectivity index (χ4v) is 1.52. The topological polar surface area (TPSA) is 64.7 Å². The van der Waals surface area contributed by atoms with Gasteiger partial charge in [0.25, 0.3) is 0 Å². The Bertz CT molecular complexity index is 494. The van der Waals surface area contributed by atoms with Crippen LogP contribution < -0.4 is 9.47 Å². The number of hydrogen-bond acceptors (Lipinski definition) is 5. The van der Waals surface area contributed by atoms with Gasteiger partial charge in [-0.3, -0.25) is 0 Å². The van der Waals surface area contributed by atoms with Gasteiger partial charge in [-0.05, 0) is 24.6 Å². The van der Waals surface area contributed by atoms with Gasteiger partial charge < -0.3 is 19.1 Å². The molecule has 0 fully saturated rings. The molecule has 0 aliphatic rings. The minimum absolute atomic E-state index is 0.355. The lowest BCUT2D eigenvalue weighted by Crippen LogP contribution is -1.98. The second-order valence-corrected chi connectivity index (χ2v) is 3.91. The highest BCUT2D eigenvalue weighted by Gasteiger charge is 2.09. The van der Waals surface area contributed by atoms with Crippen LogP contribution in [0.15, 0.2) is 35.2 Å². The molecule has 1 aromatic carbocycles. The summed E-state index contributed by atoms with van der Waals surface area (Å²) < 4.78 is 15.5. The largest absolute Gasteiger partial charge is 0.493 e. The predicted octanol–water partition coefficient (Wildman–Crippen LogP) is 2.32. The predicted molar refractivity (Wildman–Crippen MR) is 64.5 cm³/mol. The summed E-state index contributed by atoms with van der Waals surface area (Å²) in [5.74, 6) is 1.20. The molecule has 0 amide bonds. The Labute approximate surface area is 105 Å². The van der Waals surface area contributed by atoms with Gasteiger partial charge in [-0.15, -0.1) is 0 Å².